The average Bonchev–Trinajstić information content (AvgIpc) is 2.92. The van der Waals surface area contributed by atoms with E-state index < -0.39 is 0 Å². The van der Waals surface area contributed by atoms with Gasteiger partial charge in [-0.25, -0.2) is 0 Å². The standard InChI is InChI=1S/C17H30N6O.HI/c1-14-12-15(2)23(21-14)11-7-8-19-17(18-3)20-13-16(24)22-9-5-4-6-10-22;/h12H,4-11,13H2,1-3H3,(H2,18,19,20);1H. The van der Waals surface area contributed by atoms with Crippen molar-refractivity contribution in [1.29, 1.82) is 0 Å². The Kier molecular flexibility index (Phi) is 9.84. The Labute approximate surface area is 167 Å². The number of amides is 1. The molecule has 142 valence electrons. The summed E-state index contributed by atoms with van der Waals surface area (Å²) in [6.07, 6.45) is 4.41. The van der Waals surface area contributed by atoms with Crippen LogP contribution in [0.4, 0.5) is 0 Å². The molecular formula is C17H31IN6O. The van der Waals surface area contributed by atoms with Crippen LogP contribution < -0.4 is 10.6 Å². The van der Waals surface area contributed by atoms with Gasteiger partial charge in [0.2, 0.25) is 5.91 Å². The van der Waals surface area contributed by atoms with E-state index in [0.29, 0.717) is 12.5 Å². The van der Waals surface area contributed by atoms with Crippen LogP contribution in [0.1, 0.15) is 37.1 Å². The SMILES string of the molecule is CN=C(NCCCn1nc(C)cc1C)NCC(=O)N1CCCCC1.I. The molecule has 7 nitrogen and oxygen atoms in total. The Morgan fingerprint density at radius 2 is 1.96 bits per heavy atom. The van der Waals surface area contributed by atoms with Crippen molar-refractivity contribution in [2.45, 2.75) is 46.1 Å². The van der Waals surface area contributed by atoms with Crippen molar-refractivity contribution in [1.82, 2.24) is 25.3 Å². The first-order valence-electron chi connectivity index (χ1n) is 8.83. The number of likely N-dealkylation sites (tertiary alicyclic amines) is 1. The predicted molar refractivity (Wildman–Crippen MR) is 112 cm³/mol. The highest BCUT2D eigenvalue weighted by Crippen LogP contribution is 2.08. The fourth-order valence-corrected chi connectivity index (χ4v) is 2.97. The monoisotopic (exact) mass is 462 g/mol. The third-order valence-corrected chi connectivity index (χ3v) is 4.28. The molecule has 1 fully saturated rings. The molecule has 0 bridgehead atoms. The van der Waals surface area contributed by atoms with Crippen LogP contribution >= 0.6 is 24.0 Å². The highest BCUT2D eigenvalue weighted by Gasteiger charge is 2.16. The maximum Gasteiger partial charge on any atom is 0.241 e. The number of aliphatic imine (C=N–C) groups is 1. The first-order chi connectivity index (χ1) is 11.6. The topological polar surface area (TPSA) is 74.5 Å². The molecule has 0 aliphatic carbocycles. The summed E-state index contributed by atoms with van der Waals surface area (Å²) in [5.41, 5.74) is 2.23. The maximum absolute atomic E-state index is 12.1. The molecule has 2 rings (SSSR count). The van der Waals surface area contributed by atoms with Crippen molar-refractivity contribution in [3.63, 3.8) is 0 Å². The first kappa shape index (κ1) is 21.7. The smallest absolute Gasteiger partial charge is 0.241 e. The lowest BCUT2D eigenvalue weighted by Gasteiger charge is -2.27. The van der Waals surface area contributed by atoms with E-state index in [-0.39, 0.29) is 29.9 Å². The van der Waals surface area contributed by atoms with E-state index in [1.807, 2.05) is 16.5 Å². The Morgan fingerprint density at radius 1 is 1.24 bits per heavy atom. The van der Waals surface area contributed by atoms with E-state index >= 15 is 0 Å². The Hall–Kier alpha value is -1.32. The largest absolute Gasteiger partial charge is 0.356 e. The average molecular weight is 462 g/mol. The molecule has 8 heteroatoms. The van der Waals surface area contributed by atoms with Gasteiger partial charge in [0.15, 0.2) is 5.96 Å². The number of aryl methyl sites for hydroxylation is 3. The normalized spacial score (nSPS) is 14.8. The summed E-state index contributed by atoms with van der Waals surface area (Å²) in [5.74, 6) is 0.828. The van der Waals surface area contributed by atoms with Crippen LogP contribution in [0.15, 0.2) is 11.1 Å². The number of carbonyl (C=O) groups excluding carboxylic acids is 1. The van der Waals surface area contributed by atoms with Gasteiger partial charge in [-0.2, -0.15) is 5.10 Å². The van der Waals surface area contributed by atoms with Crippen LogP contribution in [0.5, 0.6) is 0 Å². The van der Waals surface area contributed by atoms with Crippen molar-refractivity contribution >= 4 is 35.8 Å². The number of rotatable bonds is 6. The Bertz CT molecular complexity index is 565. The van der Waals surface area contributed by atoms with Crippen LogP contribution in [0.25, 0.3) is 0 Å². The van der Waals surface area contributed by atoms with E-state index in [1.165, 1.54) is 12.1 Å². The van der Waals surface area contributed by atoms with Crippen molar-refractivity contribution in [3.8, 4) is 0 Å². The van der Waals surface area contributed by atoms with Gasteiger partial charge in [0, 0.05) is 38.9 Å². The summed E-state index contributed by atoms with van der Waals surface area (Å²) in [6.45, 7) is 7.81. The molecule has 0 radical (unpaired) electrons. The van der Waals surface area contributed by atoms with E-state index in [2.05, 4.69) is 33.7 Å². The lowest BCUT2D eigenvalue weighted by atomic mass is 10.1. The van der Waals surface area contributed by atoms with E-state index in [4.69, 9.17) is 0 Å². The summed E-state index contributed by atoms with van der Waals surface area (Å²) < 4.78 is 2.02. The highest BCUT2D eigenvalue weighted by molar-refractivity contribution is 14.0. The number of nitrogens with zero attached hydrogens (tertiary/aromatic N) is 4. The minimum absolute atomic E-state index is 0. The van der Waals surface area contributed by atoms with Crippen molar-refractivity contribution < 1.29 is 4.79 Å². The molecule has 1 aliphatic heterocycles. The number of nitrogens with one attached hydrogen (secondary N) is 2. The molecule has 0 atom stereocenters. The second-order valence-electron chi connectivity index (χ2n) is 6.30. The first-order valence-corrected chi connectivity index (χ1v) is 8.83. The molecule has 2 heterocycles. The fourth-order valence-electron chi connectivity index (χ4n) is 2.97. The second-order valence-corrected chi connectivity index (χ2v) is 6.30. The Morgan fingerprint density at radius 3 is 2.56 bits per heavy atom. The van der Waals surface area contributed by atoms with Crippen LogP contribution in [-0.4, -0.2) is 59.8 Å². The zero-order chi connectivity index (χ0) is 17.4. The van der Waals surface area contributed by atoms with Gasteiger partial charge in [0.25, 0.3) is 0 Å². The molecule has 1 aliphatic rings. The number of hydrogen-bond donors (Lipinski definition) is 2. The highest BCUT2D eigenvalue weighted by atomic mass is 127. The molecule has 1 aromatic heterocycles. The molecule has 0 unspecified atom stereocenters. The lowest BCUT2D eigenvalue weighted by molar-refractivity contribution is -0.130. The summed E-state index contributed by atoms with van der Waals surface area (Å²) in [5, 5.41) is 10.8. The minimum Gasteiger partial charge on any atom is -0.356 e. The van der Waals surface area contributed by atoms with E-state index in [9.17, 15) is 4.79 Å². The minimum atomic E-state index is 0. The number of aromatic nitrogens is 2. The zero-order valence-corrected chi connectivity index (χ0v) is 17.9. The molecule has 2 N–H and O–H groups in total. The molecule has 0 saturated carbocycles. The van der Waals surface area contributed by atoms with Gasteiger partial charge in [-0.15, -0.1) is 24.0 Å². The summed E-state index contributed by atoms with van der Waals surface area (Å²) >= 11 is 0. The number of halogens is 1. The molecule has 1 aromatic rings. The molecule has 1 amide bonds. The third kappa shape index (κ3) is 7.21. The van der Waals surface area contributed by atoms with Gasteiger partial charge >= 0.3 is 0 Å². The van der Waals surface area contributed by atoms with Gasteiger partial charge in [0.05, 0.1) is 12.2 Å². The number of guanidine groups is 1. The van der Waals surface area contributed by atoms with Crippen LogP contribution in [0.3, 0.4) is 0 Å². The molecule has 0 spiro atoms. The quantitative estimate of drug-likeness (QED) is 0.292. The third-order valence-electron chi connectivity index (χ3n) is 4.28. The zero-order valence-electron chi connectivity index (χ0n) is 15.5. The maximum atomic E-state index is 12.1. The van der Waals surface area contributed by atoms with Gasteiger partial charge in [-0.05, 0) is 45.6 Å². The predicted octanol–water partition coefficient (Wildman–Crippen LogP) is 1.69. The Balaban J connectivity index is 0.00000312. The van der Waals surface area contributed by atoms with Gasteiger partial charge in [-0.3, -0.25) is 14.5 Å². The van der Waals surface area contributed by atoms with Gasteiger partial charge in [0.1, 0.15) is 0 Å². The summed E-state index contributed by atoms with van der Waals surface area (Å²) in [6, 6.07) is 2.08. The van der Waals surface area contributed by atoms with Gasteiger partial charge < -0.3 is 15.5 Å². The van der Waals surface area contributed by atoms with Crippen molar-refractivity contribution in [2.75, 3.05) is 33.2 Å². The summed E-state index contributed by atoms with van der Waals surface area (Å²) in [7, 11) is 1.72. The second kappa shape index (κ2) is 11.3. The van der Waals surface area contributed by atoms with E-state index in [1.54, 1.807) is 7.05 Å². The molecule has 1 saturated heterocycles. The number of piperidine rings is 1. The van der Waals surface area contributed by atoms with Crippen molar-refractivity contribution in [2.24, 2.45) is 4.99 Å². The lowest BCUT2D eigenvalue weighted by Crippen LogP contribution is -2.46. The van der Waals surface area contributed by atoms with Crippen LogP contribution in [-0.2, 0) is 11.3 Å². The number of hydrogen-bond acceptors (Lipinski definition) is 3. The van der Waals surface area contributed by atoms with E-state index in [0.717, 1.165) is 51.1 Å². The fraction of sp³-hybridized carbons (Fsp3) is 0.706. The molecule has 25 heavy (non-hydrogen) atoms. The molecular weight excluding hydrogens is 431 g/mol. The van der Waals surface area contributed by atoms with Crippen LogP contribution in [0.2, 0.25) is 0 Å². The number of carbonyl (C=O) groups is 1. The molecule has 0 aromatic carbocycles. The van der Waals surface area contributed by atoms with Crippen molar-refractivity contribution in [3.05, 3.63) is 17.5 Å². The van der Waals surface area contributed by atoms with Crippen LogP contribution in [0, 0.1) is 13.8 Å². The summed E-state index contributed by atoms with van der Waals surface area (Å²) in [4.78, 5) is 18.3. The van der Waals surface area contributed by atoms with Gasteiger partial charge in [-0.1, -0.05) is 0 Å².